The van der Waals surface area contributed by atoms with E-state index in [0.717, 1.165) is 6.21 Å². The fourth-order valence-corrected chi connectivity index (χ4v) is 0.692. The van der Waals surface area contributed by atoms with Crippen LogP contribution >= 0.6 is 0 Å². The van der Waals surface area contributed by atoms with Crippen molar-refractivity contribution in [3.05, 3.63) is 0 Å². The molecule has 0 bridgehead atoms. The van der Waals surface area contributed by atoms with E-state index in [0.29, 0.717) is 0 Å². The van der Waals surface area contributed by atoms with Crippen LogP contribution in [0.25, 0.3) is 0 Å². The normalized spacial score (nSPS) is 14.3. The topological polar surface area (TPSA) is 61.2 Å². The van der Waals surface area contributed by atoms with Gasteiger partial charge in [0.15, 0.2) is 0 Å². The first-order valence-corrected chi connectivity index (χ1v) is 3.13. The third-order valence-corrected chi connectivity index (χ3v) is 1.37. The Morgan fingerprint density at radius 2 is 2.00 bits per heavy atom. The molecule has 0 fully saturated rings. The number of carbonyl (C=O) groups is 1. The van der Waals surface area contributed by atoms with Gasteiger partial charge in [-0.2, -0.15) is 0 Å². The van der Waals surface area contributed by atoms with Crippen LogP contribution in [0.2, 0.25) is 0 Å². The Kier molecular flexibility index (Phi) is 2.57. The van der Waals surface area contributed by atoms with Crippen molar-refractivity contribution in [3.8, 4) is 0 Å². The molecule has 0 aliphatic carbocycles. The highest BCUT2D eigenvalue weighted by atomic mass is 16.4. The molecule has 1 unspecified atom stereocenters. The molecule has 0 saturated carbocycles. The Bertz CT molecular complexity index is 146. The Morgan fingerprint density at radius 3 is 2.00 bits per heavy atom. The lowest BCUT2D eigenvalue weighted by atomic mass is 9.82. The molecule has 0 radical (unpaired) electrons. The van der Waals surface area contributed by atoms with Gasteiger partial charge in [-0.25, -0.2) is 0 Å². The first kappa shape index (κ1) is 9.14. The van der Waals surface area contributed by atoms with E-state index in [9.17, 15) is 4.79 Å². The highest BCUT2D eigenvalue weighted by Crippen LogP contribution is 2.23. The van der Waals surface area contributed by atoms with Crippen LogP contribution in [0, 0.1) is 16.7 Å². The van der Waals surface area contributed by atoms with Crippen molar-refractivity contribution in [2.75, 3.05) is 0 Å². The predicted molar refractivity (Wildman–Crippen MR) is 39.4 cm³/mol. The van der Waals surface area contributed by atoms with Gasteiger partial charge in [-0.15, -0.1) is 0 Å². The molecule has 0 aliphatic rings. The van der Waals surface area contributed by atoms with E-state index in [1.54, 1.807) is 20.8 Å². The van der Waals surface area contributed by atoms with Crippen LogP contribution in [-0.2, 0) is 4.79 Å². The number of aliphatic carboxylic acids is 1. The van der Waals surface area contributed by atoms with E-state index in [-0.39, 0.29) is 5.41 Å². The van der Waals surface area contributed by atoms with E-state index >= 15 is 0 Å². The summed E-state index contributed by atoms with van der Waals surface area (Å²) >= 11 is 0. The zero-order valence-corrected chi connectivity index (χ0v) is 6.51. The monoisotopic (exact) mass is 143 g/mol. The number of hydrogen-bond acceptors (Lipinski definition) is 2. The second kappa shape index (κ2) is 2.82. The summed E-state index contributed by atoms with van der Waals surface area (Å²) in [6.45, 7) is 5.41. The largest absolute Gasteiger partial charge is 0.481 e. The van der Waals surface area contributed by atoms with Crippen molar-refractivity contribution in [1.29, 1.82) is 5.41 Å². The zero-order valence-electron chi connectivity index (χ0n) is 6.51. The maximum absolute atomic E-state index is 10.4. The smallest absolute Gasteiger partial charge is 0.312 e. The Morgan fingerprint density at radius 1 is 1.60 bits per heavy atom. The molecule has 0 amide bonds. The third-order valence-electron chi connectivity index (χ3n) is 1.37. The first-order chi connectivity index (χ1) is 4.39. The van der Waals surface area contributed by atoms with Gasteiger partial charge in [0.25, 0.3) is 0 Å². The number of carboxylic acids is 1. The summed E-state index contributed by atoms with van der Waals surface area (Å²) in [5.41, 5.74) is -0.354. The molecule has 0 aromatic heterocycles. The first-order valence-electron chi connectivity index (χ1n) is 3.13. The fourth-order valence-electron chi connectivity index (χ4n) is 0.692. The quantitative estimate of drug-likeness (QED) is 0.574. The van der Waals surface area contributed by atoms with Crippen LogP contribution in [0.5, 0.6) is 0 Å². The molecule has 3 nitrogen and oxygen atoms in total. The van der Waals surface area contributed by atoms with E-state index in [1.165, 1.54) is 0 Å². The Labute approximate surface area is 60.6 Å². The minimum Gasteiger partial charge on any atom is -0.481 e. The molecule has 0 aromatic carbocycles. The van der Waals surface area contributed by atoms with E-state index in [1.807, 2.05) is 0 Å². The van der Waals surface area contributed by atoms with Gasteiger partial charge in [0.2, 0.25) is 0 Å². The van der Waals surface area contributed by atoms with Crippen LogP contribution < -0.4 is 0 Å². The van der Waals surface area contributed by atoms with Crippen LogP contribution in [0.1, 0.15) is 20.8 Å². The fraction of sp³-hybridized carbons (Fsp3) is 0.714. The number of hydrogen-bond donors (Lipinski definition) is 2. The van der Waals surface area contributed by atoms with E-state index < -0.39 is 11.9 Å². The number of nitrogens with one attached hydrogen (secondary N) is 1. The maximum atomic E-state index is 10.4. The SMILES string of the molecule is CC(C)(C)C(C=N)C(=O)O. The molecule has 0 spiro atoms. The van der Waals surface area contributed by atoms with Gasteiger partial charge >= 0.3 is 5.97 Å². The molecule has 0 heterocycles. The summed E-state index contributed by atoms with van der Waals surface area (Å²) in [4.78, 5) is 10.4. The standard InChI is InChI=1S/C7H13NO2/c1-7(2,3)5(4-8)6(9)10/h4-5,8H,1-3H3,(H,9,10). The summed E-state index contributed by atoms with van der Waals surface area (Å²) < 4.78 is 0. The van der Waals surface area contributed by atoms with Crippen LogP contribution in [-0.4, -0.2) is 17.3 Å². The molecule has 3 heteroatoms. The van der Waals surface area contributed by atoms with Crippen molar-refractivity contribution in [2.45, 2.75) is 20.8 Å². The molecule has 0 rings (SSSR count). The lowest BCUT2D eigenvalue weighted by Crippen LogP contribution is -2.29. The van der Waals surface area contributed by atoms with Gasteiger partial charge in [0.1, 0.15) is 0 Å². The second-order valence-electron chi connectivity index (χ2n) is 3.35. The molecule has 58 valence electrons. The van der Waals surface area contributed by atoms with Crippen LogP contribution in [0.15, 0.2) is 0 Å². The molecule has 0 aliphatic heterocycles. The molecular weight excluding hydrogens is 130 g/mol. The van der Waals surface area contributed by atoms with Gasteiger partial charge < -0.3 is 10.5 Å². The summed E-state index contributed by atoms with van der Waals surface area (Å²) in [6, 6.07) is 0. The van der Waals surface area contributed by atoms with E-state index in [2.05, 4.69) is 0 Å². The average Bonchev–Trinajstić information content (AvgIpc) is 1.60. The summed E-state index contributed by atoms with van der Waals surface area (Å²) in [7, 11) is 0. The summed E-state index contributed by atoms with van der Waals surface area (Å²) in [6.07, 6.45) is 0.975. The van der Waals surface area contributed by atoms with Crippen molar-refractivity contribution in [1.82, 2.24) is 0 Å². The molecule has 2 N–H and O–H groups in total. The van der Waals surface area contributed by atoms with E-state index in [4.69, 9.17) is 10.5 Å². The molecular formula is C7H13NO2. The average molecular weight is 143 g/mol. The van der Waals surface area contributed by atoms with Crippen LogP contribution in [0.3, 0.4) is 0 Å². The summed E-state index contributed by atoms with van der Waals surface area (Å²) in [5.74, 6) is -1.60. The molecule has 1 atom stereocenters. The molecule has 0 aromatic rings. The number of rotatable bonds is 2. The van der Waals surface area contributed by atoms with Crippen molar-refractivity contribution >= 4 is 12.2 Å². The molecule has 10 heavy (non-hydrogen) atoms. The van der Waals surface area contributed by atoms with Gasteiger partial charge in [0, 0.05) is 6.21 Å². The van der Waals surface area contributed by atoms with Crippen molar-refractivity contribution < 1.29 is 9.90 Å². The number of carboxylic acid groups (broad SMARTS) is 1. The lowest BCUT2D eigenvalue weighted by molar-refractivity contribution is -0.141. The summed E-state index contributed by atoms with van der Waals surface area (Å²) in [5, 5.41) is 15.4. The predicted octanol–water partition coefficient (Wildman–Crippen LogP) is 1.38. The highest BCUT2D eigenvalue weighted by Gasteiger charge is 2.28. The van der Waals surface area contributed by atoms with Gasteiger partial charge in [0.05, 0.1) is 5.92 Å². The zero-order chi connectivity index (χ0) is 8.36. The van der Waals surface area contributed by atoms with Crippen molar-refractivity contribution in [3.63, 3.8) is 0 Å². The third kappa shape index (κ3) is 2.17. The maximum Gasteiger partial charge on any atom is 0.312 e. The Balaban J connectivity index is 4.36. The second-order valence-corrected chi connectivity index (χ2v) is 3.35. The minimum absolute atomic E-state index is 0.354. The van der Waals surface area contributed by atoms with Gasteiger partial charge in [-0.3, -0.25) is 4.79 Å². The highest BCUT2D eigenvalue weighted by molar-refractivity contribution is 5.88. The molecule has 0 saturated heterocycles. The van der Waals surface area contributed by atoms with Gasteiger partial charge in [-0.1, -0.05) is 20.8 Å². The Hall–Kier alpha value is -0.860. The lowest BCUT2D eigenvalue weighted by Gasteiger charge is -2.22. The van der Waals surface area contributed by atoms with Gasteiger partial charge in [-0.05, 0) is 5.41 Å². The van der Waals surface area contributed by atoms with Crippen molar-refractivity contribution in [2.24, 2.45) is 11.3 Å². The van der Waals surface area contributed by atoms with Crippen LogP contribution in [0.4, 0.5) is 0 Å². The minimum atomic E-state index is -0.928.